The first-order chi connectivity index (χ1) is 14.1. The Balaban J connectivity index is 1.67. The second-order valence-corrected chi connectivity index (χ2v) is 7.07. The number of amides is 1. The van der Waals surface area contributed by atoms with E-state index in [2.05, 4.69) is 15.5 Å². The molecule has 0 aliphatic heterocycles. The lowest BCUT2D eigenvalue weighted by Crippen LogP contribution is -2.29. The van der Waals surface area contributed by atoms with Crippen molar-refractivity contribution in [3.63, 3.8) is 0 Å². The van der Waals surface area contributed by atoms with E-state index in [0.717, 1.165) is 16.7 Å². The Morgan fingerprint density at radius 3 is 2.31 bits per heavy atom. The van der Waals surface area contributed by atoms with Gasteiger partial charge in [-0.25, -0.2) is 0 Å². The van der Waals surface area contributed by atoms with Gasteiger partial charge >= 0.3 is 0 Å². The van der Waals surface area contributed by atoms with Gasteiger partial charge in [-0.2, -0.15) is 0 Å². The summed E-state index contributed by atoms with van der Waals surface area (Å²) in [7, 11) is 0. The van der Waals surface area contributed by atoms with Crippen molar-refractivity contribution in [3.05, 3.63) is 106 Å². The highest BCUT2D eigenvalue weighted by molar-refractivity contribution is 6.30. The molecule has 1 N–H and O–H groups in total. The maximum absolute atomic E-state index is 12.8. The third-order valence-corrected chi connectivity index (χ3v) is 4.75. The second kappa shape index (κ2) is 8.29. The topological polar surface area (TPSA) is 68.0 Å². The van der Waals surface area contributed by atoms with Crippen molar-refractivity contribution in [1.29, 1.82) is 0 Å². The molecule has 3 aromatic carbocycles. The van der Waals surface area contributed by atoms with Crippen LogP contribution in [0, 0.1) is 6.92 Å². The first-order valence-corrected chi connectivity index (χ1v) is 9.50. The smallest absolute Gasteiger partial charge is 0.252 e. The minimum Gasteiger partial charge on any atom is -0.418 e. The summed E-state index contributed by atoms with van der Waals surface area (Å²) in [6, 6.07) is 23.4. The standard InChI is InChI=1S/C23H18ClN3O2/c1-15-7-9-17(10-8-15)21(28)25-20(16-11-13-19(24)14-12-16)23-27-26-22(29-23)18-5-3-2-4-6-18/h2-14,20H,1H3,(H,25,28). The van der Waals surface area contributed by atoms with Crippen LogP contribution in [-0.4, -0.2) is 16.1 Å². The lowest BCUT2D eigenvalue weighted by molar-refractivity contribution is 0.0938. The molecule has 6 heteroatoms. The van der Waals surface area contributed by atoms with Gasteiger partial charge in [-0.05, 0) is 48.9 Å². The van der Waals surface area contributed by atoms with Gasteiger partial charge in [0.05, 0.1) is 0 Å². The summed E-state index contributed by atoms with van der Waals surface area (Å²) in [5.41, 5.74) is 3.24. The summed E-state index contributed by atoms with van der Waals surface area (Å²) in [5, 5.41) is 11.9. The minimum absolute atomic E-state index is 0.232. The first-order valence-electron chi connectivity index (χ1n) is 9.12. The number of halogens is 1. The van der Waals surface area contributed by atoms with Gasteiger partial charge in [0.1, 0.15) is 6.04 Å². The van der Waals surface area contributed by atoms with Crippen LogP contribution in [0.25, 0.3) is 11.5 Å². The van der Waals surface area contributed by atoms with Gasteiger partial charge in [-0.1, -0.05) is 59.6 Å². The van der Waals surface area contributed by atoms with Gasteiger partial charge in [0.15, 0.2) is 0 Å². The van der Waals surface area contributed by atoms with E-state index in [0.29, 0.717) is 22.4 Å². The normalized spacial score (nSPS) is 11.8. The average Bonchev–Trinajstić information content (AvgIpc) is 3.24. The Morgan fingerprint density at radius 2 is 1.62 bits per heavy atom. The highest BCUT2D eigenvalue weighted by atomic mass is 35.5. The lowest BCUT2D eigenvalue weighted by Gasteiger charge is -2.16. The van der Waals surface area contributed by atoms with E-state index in [1.54, 1.807) is 24.3 Å². The van der Waals surface area contributed by atoms with Crippen LogP contribution < -0.4 is 5.32 Å². The molecule has 1 heterocycles. The molecule has 4 aromatic rings. The molecular weight excluding hydrogens is 386 g/mol. The van der Waals surface area contributed by atoms with E-state index in [9.17, 15) is 4.79 Å². The summed E-state index contributed by atoms with van der Waals surface area (Å²) < 4.78 is 5.90. The van der Waals surface area contributed by atoms with Crippen LogP contribution in [0.15, 0.2) is 83.3 Å². The van der Waals surface area contributed by atoms with Crippen molar-refractivity contribution in [2.24, 2.45) is 0 Å². The molecule has 0 aliphatic rings. The van der Waals surface area contributed by atoms with Crippen molar-refractivity contribution in [2.75, 3.05) is 0 Å². The SMILES string of the molecule is Cc1ccc(C(=O)NC(c2ccc(Cl)cc2)c2nnc(-c3ccccc3)o2)cc1. The molecule has 0 fully saturated rings. The van der Waals surface area contributed by atoms with Crippen LogP contribution in [-0.2, 0) is 0 Å². The van der Waals surface area contributed by atoms with Gasteiger partial charge < -0.3 is 9.73 Å². The molecule has 0 aliphatic carbocycles. The van der Waals surface area contributed by atoms with Crippen LogP contribution in [0.2, 0.25) is 5.02 Å². The van der Waals surface area contributed by atoms with Crippen molar-refractivity contribution in [2.45, 2.75) is 13.0 Å². The number of nitrogens with one attached hydrogen (secondary N) is 1. The maximum atomic E-state index is 12.8. The van der Waals surface area contributed by atoms with E-state index in [4.69, 9.17) is 16.0 Å². The zero-order valence-electron chi connectivity index (χ0n) is 15.7. The summed E-state index contributed by atoms with van der Waals surface area (Å²) in [4.78, 5) is 12.8. The zero-order chi connectivity index (χ0) is 20.2. The number of aryl methyl sites for hydroxylation is 1. The molecule has 144 valence electrons. The number of carbonyl (C=O) groups is 1. The minimum atomic E-state index is -0.606. The fourth-order valence-electron chi connectivity index (χ4n) is 2.91. The van der Waals surface area contributed by atoms with Crippen LogP contribution in [0.4, 0.5) is 0 Å². The van der Waals surface area contributed by atoms with Crippen molar-refractivity contribution in [3.8, 4) is 11.5 Å². The number of hydrogen-bond acceptors (Lipinski definition) is 4. The van der Waals surface area contributed by atoms with Gasteiger partial charge in [-0.15, -0.1) is 10.2 Å². The molecule has 1 atom stereocenters. The Labute approximate surface area is 173 Å². The molecule has 1 amide bonds. The van der Waals surface area contributed by atoms with Gasteiger partial charge in [0, 0.05) is 16.1 Å². The molecule has 0 saturated carbocycles. The van der Waals surface area contributed by atoms with Crippen LogP contribution in [0.5, 0.6) is 0 Å². The molecule has 0 bridgehead atoms. The molecule has 0 spiro atoms. The monoisotopic (exact) mass is 403 g/mol. The third kappa shape index (κ3) is 4.36. The Bertz CT molecular complexity index is 1110. The summed E-state index contributed by atoms with van der Waals surface area (Å²) in [6.45, 7) is 1.97. The molecule has 0 saturated heterocycles. The lowest BCUT2D eigenvalue weighted by atomic mass is 10.1. The molecule has 5 nitrogen and oxygen atoms in total. The Morgan fingerprint density at radius 1 is 0.931 bits per heavy atom. The fraction of sp³-hybridized carbons (Fsp3) is 0.0870. The molecule has 4 rings (SSSR count). The fourth-order valence-corrected chi connectivity index (χ4v) is 3.04. The number of aromatic nitrogens is 2. The van der Waals surface area contributed by atoms with E-state index in [-0.39, 0.29) is 5.91 Å². The molecule has 0 radical (unpaired) electrons. The quantitative estimate of drug-likeness (QED) is 0.496. The number of nitrogens with zero attached hydrogens (tertiary/aromatic N) is 2. The second-order valence-electron chi connectivity index (χ2n) is 6.64. The molecule has 29 heavy (non-hydrogen) atoms. The number of benzene rings is 3. The highest BCUT2D eigenvalue weighted by Gasteiger charge is 2.24. The maximum Gasteiger partial charge on any atom is 0.252 e. The highest BCUT2D eigenvalue weighted by Crippen LogP contribution is 2.26. The Kier molecular flexibility index (Phi) is 5.40. The van der Waals surface area contributed by atoms with Crippen molar-refractivity contribution in [1.82, 2.24) is 15.5 Å². The van der Waals surface area contributed by atoms with Crippen LogP contribution >= 0.6 is 11.6 Å². The largest absolute Gasteiger partial charge is 0.418 e. The summed E-state index contributed by atoms with van der Waals surface area (Å²) >= 11 is 6.02. The zero-order valence-corrected chi connectivity index (χ0v) is 16.4. The summed E-state index contributed by atoms with van der Waals surface area (Å²) in [6.07, 6.45) is 0. The van der Waals surface area contributed by atoms with E-state index in [1.165, 1.54) is 0 Å². The van der Waals surface area contributed by atoms with E-state index >= 15 is 0 Å². The van der Waals surface area contributed by atoms with Crippen molar-refractivity contribution >= 4 is 17.5 Å². The van der Waals surface area contributed by atoms with Gasteiger partial charge in [-0.3, -0.25) is 4.79 Å². The summed E-state index contributed by atoms with van der Waals surface area (Å²) in [5.74, 6) is 0.459. The molecule has 1 unspecified atom stereocenters. The van der Waals surface area contributed by atoms with E-state index < -0.39 is 6.04 Å². The number of rotatable bonds is 5. The van der Waals surface area contributed by atoms with E-state index in [1.807, 2.05) is 61.5 Å². The predicted octanol–water partition coefficient (Wildman–Crippen LogP) is 5.22. The number of carbonyl (C=O) groups excluding carboxylic acids is 1. The van der Waals surface area contributed by atoms with Crippen LogP contribution in [0.3, 0.4) is 0 Å². The average molecular weight is 404 g/mol. The van der Waals surface area contributed by atoms with Crippen LogP contribution in [0.1, 0.15) is 33.4 Å². The molecule has 1 aromatic heterocycles. The predicted molar refractivity (Wildman–Crippen MR) is 112 cm³/mol. The Hall–Kier alpha value is -3.44. The van der Waals surface area contributed by atoms with Crippen molar-refractivity contribution < 1.29 is 9.21 Å². The first kappa shape index (κ1) is 18.9. The third-order valence-electron chi connectivity index (χ3n) is 4.50. The number of hydrogen-bond donors (Lipinski definition) is 1. The molecular formula is C23H18ClN3O2. The van der Waals surface area contributed by atoms with Gasteiger partial charge in [0.2, 0.25) is 11.8 Å². The van der Waals surface area contributed by atoms with Gasteiger partial charge in [0.25, 0.3) is 5.91 Å².